The Morgan fingerprint density at radius 2 is 1.85 bits per heavy atom. The van der Waals surface area contributed by atoms with Gasteiger partial charge in [-0.2, -0.15) is 0 Å². The zero-order valence-electron chi connectivity index (χ0n) is 15.5. The van der Waals surface area contributed by atoms with Crippen molar-refractivity contribution in [2.45, 2.75) is 12.5 Å². The summed E-state index contributed by atoms with van der Waals surface area (Å²) in [5.74, 6) is 0.309. The van der Waals surface area contributed by atoms with Crippen LogP contribution in [0.3, 0.4) is 0 Å². The largest absolute Gasteiger partial charge is 0.508 e. The van der Waals surface area contributed by atoms with Gasteiger partial charge in [0.1, 0.15) is 29.9 Å². The average Bonchev–Trinajstić information content (AvgIpc) is 2.59. The van der Waals surface area contributed by atoms with Crippen molar-refractivity contribution in [3.8, 4) is 17.2 Å². The van der Waals surface area contributed by atoms with Crippen LogP contribution < -0.4 is 10.1 Å². The molecule has 2 aromatic rings. The first kappa shape index (κ1) is 19.0. The zero-order valence-corrected chi connectivity index (χ0v) is 15.5. The molecule has 1 unspecified atom stereocenters. The fourth-order valence-electron chi connectivity index (χ4n) is 3.21. The summed E-state index contributed by atoms with van der Waals surface area (Å²) in [6, 6.07) is 9.97. The van der Waals surface area contributed by atoms with Crippen molar-refractivity contribution in [1.82, 2.24) is 0 Å². The molecule has 4 N–H and O–H groups in total. The maximum Gasteiger partial charge on any atom is 0.262 e. The number of ether oxygens (including phenoxy) is 1. The van der Waals surface area contributed by atoms with E-state index in [1.807, 2.05) is 26.2 Å². The summed E-state index contributed by atoms with van der Waals surface area (Å²) in [6.07, 6.45) is -0.0688. The second-order valence-electron chi connectivity index (χ2n) is 7.52. The topological polar surface area (TPSA) is 99.0 Å². The molecule has 0 aliphatic carbocycles. The van der Waals surface area contributed by atoms with Crippen LogP contribution in [0.5, 0.6) is 17.2 Å². The molecular formula is C20H25N2O5+. The number of carbonyl (C=O) groups is 1. The number of hydrogen-bond donors (Lipinski definition) is 4. The molecule has 1 heterocycles. The monoisotopic (exact) mass is 373 g/mol. The van der Waals surface area contributed by atoms with Crippen LogP contribution in [-0.2, 0) is 11.2 Å². The van der Waals surface area contributed by atoms with Crippen LogP contribution >= 0.6 is 0 Å². The minimum Gasteiger partial charge on any atom is -0.508 e. The number of amides is 1. The van der Waals surface area contributed by atoms with Crippen LogP contribution in [0.1, 0.15) is 17.2 Å². The molecule has 27 heavy (non-hydrogen) atoms. The quantitative estimate of drug-likeness (QED) is 0.579. The molecule has 7 nitrogen and oxygen atoms in total. The molecule has 1 aliphatic heterocycles. The van der Waals surface area contributed by atoms with Crippen molar-refractivity contribution in [2.75, 3.05) is 39.1 Å². The maximum atomic E-state index is 11.5. The van der Waals surface area contributed by atoms with Gasteiger partial charge in [0, 0.05) is 18.1 Å². The van der Waals surface area contributed by atoms with Crippen molar-refractivity contribution in [2.24, 2.45) is 0 Å². The van der Waals surface area contributed by atoms with Crippen molar-refractivity contribution < 1.29 is 29.3 Å². The van der Waals surface area contributed by atoms with Gasteiger partial charge in [-0.15, -0.1) is 0 Å². The first-order valence-electron chi connectivity index (χ1n) is 8.81. The fraction of sp³-hybridized carbons (Fsp3) is 0.350. The number of aliphatic hydroxyl groups excluding tert-OH is 1. The second-order valence-corrected chi connectivity index (χ2v) is 7.52. The molecule has 0 spiro atoms. The van der Waals surface area contributed by atoms with E-state index in [-0.39, 0.29) is 24.0 Å². The van der Waals surface area contributed by atoms with Gasteiger partial charge >= 0.3 is 0 Å². The lowest BCUT2D eigenvalue weighted by Gasteiger charge is -2.33. The van der Waals surface area contributed by atoms with Gasteiger partial charge in [-0.1, -0.05) is 12.1 Å². The molecule has 1 aliphatic rings. The lowest BCUT2D eigenvalue weighted by molar-refractivity contribution is -0.893. The van der Waals surface area contributed by atoms with Gasteiger partial charge in [0.2, 0.25) is 0 Å². The predicted octanol–water partition coefficient (Wildman–Crippen LogP) is 1.78. The van der Waals surface area contributed by atoms with E-state index in [4.69, 9.17) is 4.74 Å². The highest BCUT2D eigenvalue weighted by atomic mass is 16.5. The molecule has 3 rings (SSSR count). The van der Waals surface area contributed by atoms with E-state index in [2.05, 4.69) is 5.32 Å². The molecule has 0 radical (unpaired) electrons. The Balaban J connectivity index is 1.71. The van der Waals surface area contributed by atoms with Crippen LogP contribution in [0.4, 0.5) is 5.69 Å². The third kappa shape index (κ3) is 4.69. The summed E-state index contributed by atoms with van der Waals surface area (Å²) in [7, 11) is 4.03. The molecule has 1 amide bonds. The highest BCUT2D eigenvalue weighted by Crippen LogP contribution is 2.39. The van der Waals surface area contributed by atoms with Crippen LogP contribution in [0.15, 0.2) is 36.4 Å². The maximum absolute atomic E-state index is 11.5. The molecule has 0 bridgehead atoms. The van der Waals surface area contributed by atoms with Gasteiger partial charge in [-0.25, -0.2) is 0 Å². The van der Waals surface area contributed by atoms with E-state index in [0.29, 0.717) is 28.0 Å². The Morgan fingerprint density at radius 3 is 2.56 bits per heavy atom. The van der Waals surface area contributed by atoms with E-state index >= 15 is 0 Å². The molecular weight excluding hydrogens is 348 g/mol. The summed E-state index contributed by atoms with van der Waals surface area (Å²) < 4.78 is 6.02. The Morgan fingerprint density at radius 1 is 1.15 bits per heavy atom. The standard InChI is InChI=1S/C20H24N2O5/c1-22(2,8-7-13-3-5-14(23)6-4-13)11-18(25)16-9-15(24)10-17-20(16)27-12-19(26)21-17/h3-6,9-10,18,25H,7-8,11-12H2,1-2H3,(H2-,21,23,24,26)/p+1. The number of nitrogens with zero attached hydrogens (tertiary/aromatic N) is 1. The van der Waals surface area contributed by atoms with Gasteiger partial charge in [-0.05, 0) is 23.8 Å². The van der Waals surface area contributed by atoms with Crippen molar-refractivity contribution >= 4 is 11.6 Å². The molecule has 0 saturated carbocycles. The third-order valence-electron chi connectivity index (χ3n) is 4.69. The number of aliphatic hydroxyl groups is 1. The number of carbonyl (C=O) groups excluding carboxylic acids is 1. The normalized spacial score (nSPS) is 14.9. The molecule has 7 heteroatoms. The van der Waals surface area contributed by atoms with Gasteiger partial charge in [0.15, 0.2) is 6.61 Å². The molecule has 144 valence electrons. The number of fused-ring (bicyclic) bond motifs is 1. The number of rotatable bonds is 6. The van der Waals surface area contributed by atoms with Gasteiger partial charge < -0.3 is 29.9 Å². The smallest absolute Gasteiger partial charge is 0.262 e. The average molecular weight is 373 g/mol. The molecule has 0 saturated heterocycles. The Hall–Kier alpha value is -2.77. The molecule has 0 aromatic heterocycles. The van der Waals surface area contributed by atoms with Crippen LogP contribution in [-0.4, -0.2) is 59.5 Å². The van der Waals surface area contributed by atoms with Gasteiger partial charge in [0.05, 0.1) is 26.3 Å². The second kappa shape index (κ2) is 7.46. The van der Waals surface area contributed by atoms with Crippen LogP contribution in [0.25, 0.3) is 0 Å². The Labute approximate surface area is 158 Å². The predicted molar refractivity (Wildman–Crippen MR) is 101 cm³/mol. The first-order chi connectivity index (χ1) is 12.7. The van der Waals surface area contributed by atoms with Gasteiger partial charge in [0.25, 0.3) is 5.91 Å². The number of likely N-dealkylation sites (N-methyl/N-ethyl adjacent to an activating group) is 1. The summed E-state index contributed by atoms with van der Waals surface area (Å²) in [4.78, 5) is 11.5. The van der Waals surface area contributed by atoms with Crippen molar-refractivity contribution in [1.29, 1.82) is 0 Å². The van der Waals surface area contributed by atoms with E-state index in [9.17, 15) is 20.1 Å². The first-order valence-corrected chi connectivity index (χ1v) is 8.81. The summed E-state index contributed by atoms with van der Waals surface area (Å²) in [6.45, 7) is 1.07. The number of quaternary nitrogens is 1. The fourth-order valence-corrected chi connectivity index (χ4v) is 3.21. The Bertz CT molecular complexity index is 833. The zero-order chi connectivity index (χ0) is 19.6. The minimum atomic E-state index is -0.865. The van der Waals surface area contributed by atoms with Gasteiger partial charge in [-0.3, -0.25) is 4.79 Å². The van der Waals surface area contributed by atoms with Crippen molar-refractivity contribution in [3.05, 3.63) is 47.5 Å². The number of hydrogen-bond acceptors (Lipinski definition) is 5. The summed E-state index contributed by atoms with van der Waals surface area (Å²) >= 11 is 0. The van der Waals surface area contributed by atoms with Crippen LogP contribution in [0, 0.1) is 0 Å². The van der Waals surface area contributed by atoms with E-state index in [0.717, 1.165) is 18.5 Å². The molecule has 0 fully saturated rings. The number of phenolic OH excluding ortho intramolecular Hbond substituents is 2. The number of phenols is 2. The molecule has 1 atom stereocenters. The van der Waals surface area contributed by atoms with E-state index in [1.165, 1.54) is 12.1 Å². The highest BCUT2D eigenvalue weighted by molar-refractivity contribution is 5.96. The molecule has 2 aromatic carbocycles. The van der Waals surface area contributed by atoms with Crippen LogP contribution in [0.2, 0.25) is 0 Å². The lowest BCUT2D eigenvalue weighted by atomic mass is 10.0. The highest BCUT2D eigenvalue weighted by Gasteiger charge is 2.28. The number of benzene rings is 2. The summed E-state index contributed by atoms with van der Waals surface area (Å²) in [5, 5.41) is 32.7. The SMILES string of the molecule is C[N+](C)(CCc1ccc(O)cc1)CC(O)c1cc(O)cc2c1OCC(=O)N2. The number of aromatic hydroxyl groups is 2. The number of nitrogens with one attached hydrogen (secondary N) is 1. The van der Waals surface area contributed by atoms with E-state index in [1.54, 1.807) is 12.1 Å². The van der Waals surface area contributed by atoms with Crippen molar-refractivity contribution in [3.63, 3.8) is 0 Å². The third-order valence-corrected chi connectivity index (χ3v) is 4.69. The Kier molecular flexibility index (Phi) is 5.25. The minimum absolute atomic E-state index is 0.0389. The lowest BCUT2D eigenvalue weighted by Crippen LogP contribution is -2.44. The summed E-state index contributed by atoms with van der Waals surface area (Å²) in [5.41, 5.74) is 1.94. The number of anilines is 1. The van der Waals surface area contributed by atoms with E-state index < -0.39 is 6.10 Å².